The standard InChI is InChI=1S/C33H24F4P.BF4/c34-26-18-24(19-27(35)22-26)16-17-33(25-20-28(36)23-29(37)21-25)38(30-10-4-1-5-11-30,31-12-6-2-7-13-31)32-14-8-3-9-15-32;2-1(3,4)5/h1-23,33H;/q+1;-1/b17-16+;. The van der Waals surface area contributed by atoms with Gasteiger partial charge < -0.3 is 17.3 Å². The monoisotopic (exact) mass is 614 g/mol. The third-order valence-electron chi connectivity index (χ3n) is 6.49. The summed E-state index contributed by atoms with van der Waals surface area (Å²) in [6.45, 7) is 0. The molecule has 5 rings (SSSR count). The van der Waals surface area contributed by atoms with Gasteiger partial charge in [-0.1, -0.05) is 60.7 Å². The first-order chi connectivity index (χ1) is 20.5. The number of hydrogen-bond acceptors (Lipinski definition) is 0. The van der Waals surface area contributed by atoms with Gasteiger partial charge in [-0.25, -0.2) is 17.6 Å². The lowest BCUT2D eigenvalue weighted by Crippen LogP contribution is -2.34. The van der Waals surface area contributed by atoms with E-state index in [1.807, 2.05) is 97.1 Å². The van der Waals surface area contributed by atoms with Crippen LogP contribution in [0.15, 0.2) is 133 Å². The lowest BCUT2D eigenvalue weighted by Gasteiger charge is -2.33. The van der Waals surface area contributed by atoms with Crippen molar-refractivity contribution in [2.24, 2.45) is 0 Å². The molecule has 10 heteroatoms. The predicted octanol–water partition coefficient (Wildman–Crippen LogP) is 9.29. The van der Waals surface area contributed by atoms with Crippen molar-refractivity contribution in [3.05, 3.63) is 168 Å². The maximum Gasteiger partial charge on any atom is 0.673 e. The summed E-state index contributed by atoms with van der Waals surface area (Å²) < 4.78 is 96.5. The molecule has 0 saturated carbocycles. The average Bonchev–Trinajstić information content (AvgIpc) is 2.95. The van der Waals surface area contributed by atoms with E-state index in [0.717, 1.165) is 28.0 Å². The lowest BCUT2D eigenvalue weighted by atomic mass is 10.1. The second kappa shape index (κ2) is 13.8. The molecule has 0 fully saturated rings. The molecule has 0 N–H and O–H groups in total. The molecule has 0 aromatic heterocycles. The summed E-state index contributed by atoms with van der Waals surface area (Å²) in [6.07, 6.45) is 3.45. The SMILES string of the molecule is F[B-](F)(F)F.Fc1cc(F)cc(/C=C/C(c2cc(F)cc(F)c2)[P+](c2ccccc2)(c2ccccc2)c2ccccc2)c1. The number of hydrogen-bond donors (Lipinski definition) is 0. The topological polar surface area (TPSA) is 0 Å². The van der Waals surface area contributed by atoms with Crippen LogP contribution in [0.5, 0.6) is 0 Å². The molecule has 0 aliphatic rings. The van der Waals surface area contributed by atoms with Crippen molar-refractivity contribution in [3.8, 4) is 0 Å². The molecule has 0 bridgehead atoms. The largest absolute Gasteiger partial charge is 0.673 e. The van der Waals surface area contributed by atoms with E-state index in [-0.39, 0.29) is 0 Å². The summed E-state index contributed by atoms with van der Waals surface area (Å²) in [4.78, 5) is 0. The maximum atomic E-state index is 14.7. The summed E-state index contributed by atoms with van der Waals surface area (Å²) in [7, 11) is -8.69. The fourth-order valence-corrected chi connectivity index (χ4v) is 9.73. The third kappa shape index (κ3) is 8.20. The Hall–Kier alpha value is -4.23. The molecule has 1 atom stereocenters. The van der Waals surface area contributed by atoms with Crippen LogP contribution in [-0.2, 0) is 0 Å². The Morgan fingerprint density at radius 1 is 0.488 bits per heavy atom. The molecule has 0 radical (unpaired) electrons. The van der Waals surface area contributed by atoms with Crippen molar-refractivity contribution in [1.29, 1.82) is 0 Å². The van der Waals surface area contributed by atoms with E-state index in [9.17, 15) is 34.8 Å². The van der Waals surface area contributed by atoms with Crippen LogP contribution in [0.25, 0.3) is 6.08 Å². The Labute approximate surface area is 244 Å². The highest BCUT2D eigenvalue weighted by Gasteiger charge is 2.52. The van der Waals surface area contributed by atoms with Gasteiger partial charge in [0.1, 0.15) is 52.1 Å². The fourth-order valence-electron chi connectivity index (χ4n) is 5.00. The van der Waals surface area contributed by atoms with Crippen molar-refractivity contribution in [1.82, 2.24) is 0 Å². The van der Waals surface area contributed by atoms with Gasteiger partial charge in [-0.15, -0.1) is 0 Å². The van der Waals surface area contributed by atoms with Crippen molar-refractivity contribution < 1.29 is 34.8 Å². The molecule has 0 nitrogen and oxygen atoms in total. The summed E-state index contributed by atoms with van der Waals surface area (Å²) >= 11 is 0. The average molecular weight is 614 g/mol. The Kier molecular flexibility index (Phi) is 10.2. The smallest absolute Gasteiger partial charge is 0.418 e. The van der Waals surface area contributed by atoms with Crippen LogP contribution in [0.1, 0.15) is 16.8 Å². The van der Waals surface area contributed by atoms with Gasteiger partial charge in [-0.2, -0.15) is 0 Å². The first-order valence-corrected chi connectivity index (χ1v) is 14.9. The van der Waals surface area contributed by atoms with Crippen molar-refractivity contribution >= 4 is 36.5 Å². The highest BCUT2D eigenvalue weighted by molar-refractivity contribution is 7.96. The minimum atomic E-state index is -6.00. The lowest BCUT2D eigenvalue weighted by molar-refractivity contribution is 0.368. The van der Waals surface area contributed by atoms with Gasteiger partial charge in [0.25, 0.3) is 0 Å². The second-order valence-electron chi connectivity index (χ2n) is 9.43. The normalized spacial score (nSPS) is 12.5. The van der Waals surface area contributed by atoms with Gasteiger partial charge in [-0.3, -0.25) is 0 Å². The fraction of sp³-hybridized carbons (Fsp3) is 0.0303. The Morgan fingerprint density at radius 2 is 0.814 bits per heavy atom. The summed E-state index contributed by atoms with van der Waals surface area (Å²) in [6, 6.07) is 36.5. The van der Waals surface area contributed by atoms with E-state index >= 15 is 0 Å². The molecule has 5 aromatic carbocycles. The molecule has 43 heavy (non-hydrogen) atoms. The van der Waals surface area contributed by atoms with Crippen molar-refractivity contribution in [3.63, 3.8) is 0 Å². The molecule has 1 unspecified atom stereocenters. The molecule has 0 amide bonds. The van der Waals surface area contributed by atoms with E-state index in [1.165, 1.54) is 24.3 Å². The van der Waals surface area contributed by atoms with E-state index in [4.69, 9.17) is 0 Å². The van der Waals surface area contributed by atoms with Gasteiger partial charge in [-0.05, 0) is 72.3 Å². The van der Waals surface area contributed by atoms with Crippen LogP contribution in [0, 0.1) is 23.3 Å². The van der Waals surface area contributed by atoms with Crippen LogP contribution in [0.2, 0.25) is 0 Å². The Bertz CT molecular complexity index is 1520. The second-order valence-corrected chi connectivity index (χ2v) is 13.0. The van der Waals surface area contributed by atoms with Gasteiger partial charge >= 0.3 is 7.25 Å². The van der Waals surface area contributed by atoms with E-state index < -0.39 is 43.4 Å². The van der Waals surface area contributed by atoms with Crippen LogP contribution in [0.3, 0.4) is 0 Å². The minimum Gasteiger partial charge on any atom is -0.418 e. The van der Waals surface area contributed by atoms with Crippen molar-refractivity contribution in [2.75, 3.05) is 0 Å². The van der Waals surface area contributed by atoms with Crippen molar-refractivity contribution in [2.45, 2.75) is 5.66 Å². The summed E-state index contributed by atoms with van der Waals surface area (Å²) in [5, 5.41) is 3.01. The Balaban J connectivity index is 0.000000782. The van der Waals surface area contributed by atoms with E-state index in [2.05, 4.69) is 0 Å². The van der Waals surface area contributed by atoms with Crippen LogP contribution < -0.4 is 15.9 Å². The number of allylic oxidation sites excluding steroid dienone is 1. The first-order valence-electron chi connectivity index (χ1n) is 13.0. The molecule has 220 valence electrons. The van der Waals surface area contributed by atoms with E-state index in [1.54, 1.807) is 6.08 Å². The highest BCUT2D eigenvalue weighted by Crippen LogP contribution is 2.67. The predicted molar refractivity (Wildman–Crippen MR) is 160 cm³/mol. The number of halogens is 8. The van der Waals surface area contributed by atoms with Gasteiger partial charge in [0.2, 0.25) is 0 Å². The molecular weight excluding hydrogens is 590 g/mol. The number of benzene rings is 5. The number of rotatable bonds is 7. The molecule has 0 spiro atoms. The highest BCUT2D eigenvalue weighted by atomic mass is 31.2. The first kappa shape index (κ1) is 31.7. The van der Waals surface area contributed by atoms with Gasteiger partial charge in [0.15, 0.2) is 0 Å². The van der Waals surface area contributed by atoms with Gasteiger partial charge in [0.05, 0.1) is 0 Å². The maximum absolute atomic E-state index is 14.7. The quantitative estimate of drug-likeness (QED) is 0.0975. The minimum absolute atomic E-state index is 0.316. The zero-order chi connectivity index (χ0) is 31.0. The molecule has 5 aromatic rings. The van der Waals surface area contributed by atoms with E-state index in [0.29, 0.717) is 11.1 Å². The van der Waals surface area contributed by atoms with Crippen LogP contribution >= 0.6 is 7.26 Å². The Morgan fingerprint density at radius 3 is 1.16 bits per heavy atom. The third-order valence-corrected chi connectivity index (χ3v) is 11.1. The van der Waals surface area contributed by atoms with Crippen LogP contribution in [0.4, 0.5) is 34.8 Å². The molecule has 0 aliphatic heterocycles. The molecule has 0 saturated heterocycles. The molecule has 0 heterocycles. The summed E-state index contributed by atoms with van der Waals surface area (Å²) in [5.41, 5.74) is 0.184. The molecule has 0 aliphatic carbocycles. The van der Waals surface area contributed by atoms with Crippen LogP contribution in [-0.4, -0.2) is 7.25 Å². The molecular formula is C33H24BF8P. The summed E-state index contributed by atoms with van der Waals surface area (Å²) in [5.74, 6) is -2.79. The van der Waals surface area contributed by atoms with Gasteiger partial charge in [0, 0.05) is 17.7 Å². The zero-order valence-corrected chi connectivity index (χ0v) is 23.3. The zero-order valence-electron chi connectivity index (χ0n) is 22.4.